The maximum atomic E-state index is 9.37. The molecule has 0 spiro atoms. The van der Waals surface area contributed by atoms with E-state index in [4.69, 9.17) is 5.73 Å². The molecule has 0 aliphatic carbocycles. The van der Waals surface area contributed by atoms with Crippen molar-refractivity contribution in [3.05, 3.63) is 23.8 Å². The van der Waals surface area contributed by atoms with Crippen LogP contribution in [0, 0.1) is 6.92 Å². The van der Waals surface area contributed by atoms with Crippen molar-refractivity contribution in [2.24, 2.45) is 0 Å². The van der Waals surface area contributed by atoms with Gasteiger partial charge in [0.1, 0.15) is 5.82 Å². The minimum Gasteiger partial charge on any atom is -0.394 e. The molecule has 1 heterocycles. The van der Waals surface area contributed by atoms with Crippen LogP contribution >= 0.6 is 0 Å². The number of aliphatic hydroxyl groups excluding tert-OH is 1. The molecule has 0 aliphatic rings. The maximum Gasteiger partial charge on any atom is 0.222 e. The molecule has 4 N–H and O–H groups in total. The van der Waals surface area contributed by atoms with Gasteiger partial charge in [0.2, 0.25) is 5.95 Å². The van der Waals surface area contributed by atoms with Crippen LogP contribution in [-0.2, 0) is 0 Å². The number of aliphatic hydroxyl groups is 1. The summed E-state index contributed by atoms with van der Waals surface area (Å²) in [5, 5.41) is 13.5. The number of hydrogen-bond donors (Lipinski definition) is 3. The second-order valence-electron chi connectivity index (χ2n) is 4.76. The number of nitrogens with two attached hydrogens (primary N) is 1. The van der Waals surface area contributed by atoms with Crippen molar-refractivity contribution in [3.63, 3.8) is 0 Å². The molecular weight excluding hydrogens is 240 g/mol. The highest BCUT2D eigenvalue weighted by molar-refractivity contribution is 5.90. The Hall–Kier alpha value is -1.88. The number of nitrogens with one attached hydrogen (secondary N) is 1. The highest BCUT2D eigenvalue weighted by atomic mass is 16.3. The third-order valence-electron chi connectivity index (χ3n) is 3.07. The monoisotopic (exact) mass is 260 g/mol. The summed E-state index contributed by atoms with van der Waals surface area (Å²) in [7, 11) is 0. The molecule has 1 aromatic carbocycles. The Morgan fingerprint density at radius 1 is 1.37 bits per heavy atom. The maximum absolute atomic E-state index is 9.37. The van der Waals surface area contributed by atoms with Crippen molar-refractivity contribution in [3.8, 4) is 0 Å². The Morgan fingerprint density at radius 3 is 2.84 bits per heavy atom. The average Bonchev–Trinajstić information content (AvgIpc) is 2.37. The van der Waals surface area contributed by atoms with Gasteiger partial charge < -0.3 is 16.2 Å². The molecule has 5 heteroatoms. The van der Waals surface area contributed by atoms with Crippen LogP contribution in [0.2, 0.25) is 0 Å². The molecule has 0 amide bonds. The molecule has 0 saturated carbocycles. The molecule has 0 saturated heterocycles. The Labute approximate surface area is 112 Å². The number of rotatable bonds is 5. The van der Waals surface area contributed by atoms with Gasteiger partial charge in [-0.2, -0.15) is 4.98 Å². The van der Waals surface area contributed by atoms with Crippen molar-refractivity contribution in [2.75, 3.05) is 17.7 Å². The zero-order valence-electron chi connectivity index (χ0n) is 11.3. The first-order valence-corrected chi connectivity index (χ1v) is 6.55. The van der Waals surface area contributed by atoms with Crippen molar-refractivity contribution in [2.45, 2.75) is 32.7 Å². The largest absolute Gasteiger partial charge is 0.394 e. The van der Waals surface area contributed by atoms with E-state index in [2.05, 4.69) is 22.2 Å². The summed E-state index contributed by atoms with van der Waals surface area (Å²) in [6, 6.07) is 5.96. The zero-order valence-corrected chi connectivity index (χ0v) is 11.3. The van der Waals surface area contributed by atoms with Gasteiger partial charge >= 0.3 is 0 Å². The first-order chi connectivity index (χ1) is 9.13. The molecular formula is C14H20N4O. The lowest BCUT2D eigenvalue weighted by molar-refractivity contribution is 0.268. The van der Waals surface area contributed by atoms with E-state index in [1.54, 1.807) is 0 Å². The highest BCUT2D eigenvalue weighted by Crippen LogP contribution is 2.23. The summed E-state index contributed by atoms with van der Waals surface area (Å²) in [4.78, 5) is 8.49. The summed E-state index contributed by atoms with van der Waals surface area (Å²) in [5.74, 6) is 0.934. The molecule has 0 unspecified atom stereocenters. The van der Waals surface area contributed by atoms with Crippen LogP contribution in [0.3, 0.4) is 0 Å². The molecule has 0 bridgehead atoms. The first kappa shape index (κ1) is 13.5. The van der Waals surface area contributed by atoms with Gasteiger partial charge in [0.05, 0.1) is 18.2 Å². The molecule has 1 atom stereocenters. The van der Waals surface area contributed by atoms with Crippen LogP contribution in [0.15, 0.2) is 18.2 Å². The predicted molar refractivity (Wildman–Crippen MR) is 78.1 cm³/mol. The summed E-state index contributed by atoms with van der Waals surface area (Å²) in [6.07, 6.45) is 1.88. The number of hydrogen-bond acceptors (Lipinski definition) is 5. The number of nitrogens with zero attached hydrogens (tertiary/aromatic N) is 2. The second kappa shape index (κ2) is 5.84. The topological polar surface area (TPSA) is 84.1 Å². The zero-order chi connectivity index (χ0) is 13.8. The van der Waals surface area contributed by atoms with Gasteiger partial charge in [0.15, 0.2) is 0 Å². The average molecular weight is 260 g/mol. The van der Waals surface area contributed by atoms with E-state index in [0.717, 1.165) is 29.3 Å². The van der Waals surface area contributed by atoms with E-state index >= 15 is 0 Å². The molecule has 0 fully saturated rings. The number of aromatic nitrogens is 2. The van der Waals surface area contributed by atoms with E-state index in [0.29, 0.717) is 5.82 Å². The SMILES string of the molecule is CCC[C@@H](CO)Nc1nc(N)nc2cc(C)ccc12. The van der Waals surface area contributed by atoms with Crippen LogP contribution in [-0.4, -0.2) is 27.7 Å². The fourth-order valence-corrected chi connectivity index (χ4v) is 2.12. The van der Waals surface area contributed by atoms with Crippen LogP contribution in [0.4, 0.5) is 11.8 Å². The summed E-state index contributed by atoms with van der Waals surface area (Å²) >= 11 is 0. The molecule has 2 rings (SSSR count). The van der Waals surface area contributed by atoms with E-state index in [-0.39, 0.29) is 18.6 Å². The fraction of sp³-hybridized carbons (Fsp3) is 0.429. The predicted octanol–water partition coefficient (Wildman–Crippen LogP) is 2.09. The van der Waals surface area contributed by atoms with Gasteiger partial charge in [-0.3, -0.25) is 0 Å². The van der Waals surface area contributed by atoms with Crippen LogP contribution in [0.5, 0.6) is 0 Å². The second-order valence-corrected chi connectivity index (χ2v) is 4.76. The Balaban J connectivity index is 2.41. The van der Waals surface area contributed by atoms with Crippen molar-refractivity contribution < 1.29 is 5.11 Å². The molecule has 19 heavy (non-hydrogen) atoms. The van der Waals surface area contributed by atoms with E-state index in [9.17, 15) is 5.11 Å². The molecule has 0 radical (unpaired) electrons. The minimum absolute atomic E-state index is 0.0104. The van der Waals surface area contributed by atoms with Crippen LogP contribution in [0.1, 0.15) is 25.3 Å². The highest BCUT2D eigenvalue weighted by Gasteiger charge is 2.11. The summed E-state index contributed by atoms with van der Waals surface area (Å²) < 4.78 is 0. The Kier molecular flexibility index (Phi) is 4.16. The Bertz CT molecular complexity index is 565. The lowest BCUT2D eigenvalue weighted by Crippen LogP contribution is -2.24. The van der Waals surface area contributed by atoms with Crippen molar-refractivity contribution >= 4 is 22.7 Å². The van der Waals surface area contributed by atoms with Crippen molar-refractivity contribution in [1.29, 1.82) is 0 Å². The number of benzene rings is 1. The van der Waals surface area contributed by atoms with Gasteiger partial charge in [0, 0.05) is 5.39 Å². The van der Waals surface area contributed by atoms with Gasteiger partial charge in [-0.05, 0) is 31.0 Å². The molecule has 2 aromatic rings. The number of anilines is 2. The number of aryl methyl sites for hydroxylation is 1. The third kappa shape index (κ3) is 3.12. The van der Waals surface area contributed by atoms with Crippen molar-refractivity contribution in [1.82, 2.24) is 9.97 Å². The molecule has 1 aromatic heterocycles. The molecule has 0 aliphatic heterocycles. The lowest BCUT2D eigenvalue weighted by atomic mass is 10.1. The number of nitrogen functional groups attached to an aromatic ring is 1. The summed E-state index contributed by atoms with van der Waals surface area (Å²) in [5.41, 5.74) is 7.69. The van der Waals surface area contributed by atoms with E-state index < -0.39 is 0 Å². The van der Waals surface area contributed by atoms with Crippen LogP contribution < -0.4 is 11.1 Å². The summed E-state index contributed by atoms with van der Waals surface area (Å²) in [6.45, 7) is 4.17. The normalized spacial score (nSPS) is 12.6. The fourth-order valence-electron chi connectivity index (χ4n) is 2.12. The van der Waals surface area contributed by atoms with Gasteiger partial charge in [0.25, 0.3) is 0 Å². The molecule has 102 valence electrons. The quantitative estimate of drug-likeness (QED) is 0.766. The van der Waals surface area contributed by atoms with Gasteiger partial charge in [-0.1, -0.05) is 19.4 Å². The first-order valence-electron chi connectivity index (χ1n) is 6.55. The lowest BCUT2D eigenvalue weighted by Gasteiger charge is -2.17. The van der Waals surface area contributed by atoms with Crippen LogP contribution in [0.25, 0.3) is 10.9 Å². The third-order valence-corrected chi connectivity index (χ3v) is 3.07. The minimum atomic E-state index is -0.0104. The standard InChI is InChI=1S/C14H20N4O/c1-3-4-10(8-19)16-13-11-6-5-9(2)7-12(11)17-14(15)18-13/h5-7,10,19H,3-4,8H2,1-2H3,(H3,15,16,17,18)/t10-/m0/s1. The number of fused-ring (bicyclic) bond motifs is 1. The smallest absolute Gasteiger partial charge is 0.222 e. The van der Waals surface area contributed by atoms with Gasteiger partial charge in [-0.25, -0.2) is 4.98 Å². The van der Waals surface area contributed by atoms with E-state index in [1.165, 1.54) is 0 Å². The van der Waals surface area contributed by atoms with Gasteiger partial charge in [-0.15, -0.1) is 0 Å². The Morgan fingerprint density at radius 2 is 2.16 bits per heavy atom. The van der Waals surface area contributed by atoms with E-state index in [1.807, 2.05) is 25.1 Å². The molecule has 5 nitrogen and oxygen atoms in total.